The first-order valence-electron chi connectivity index (χ1n) is 6.57. The highest BCUT2D eigenvalue weighted by atomic mass is 16.4. The van der Waals surface area contributed by atoms with Crippen molar-refractivity contribution in [2.75, 3.05) is 0 Å². The summed E-state index contributed by atoms with van der Waals surface area (Å²) in [5, 5.41) is 14.1. The van der Waals surface area contributed by atoms with Crippen LogP contribution in [0.5, 0.6) is 0 Å². The highest BCUT2D eigenvalue weighted by molar-refractivity contribution is 5.82. The van der Waals surface area contributed by atoms with Gasteiger partial charge >= 0.3 is 12.0 Å². The first-order chi connectivity index (χ1) is 9.38. The zero-order valence-corrected chi connectivity index (χ0v) is 12.0. The summed E-state index contributed by atoms with van der Waals surface area (Å²) < 4.78 is 0. The summed E-state index contributed by atoms with van der Waals surface area (Å²) in [6, 6.07) is 2.36. The predicted octanol–water partition coefficient (Wildman–Crippen LogP) is 1.69. The Morgan fingerprint density at radius 1 is 1.35 bits per heavy atom. The first-order valence-corrected chi connectivity index (χ1v) is 6.57. The van der Waals surface area contributed by atoms with E-state index in [0.717, 1.165) is 11.3 Å². The lowest BCUT2D eigenvalue weighted by Gasteiger charge is -2.16. The lowest BCUT2D eigenvalue weighted by Crippen LogP contribution is -2.46. The van der Waals surface area contributed by atoms with Crippen LogP contribution in [0.2, 0.25) is 0 Å². The topological polar surface area (TPSA) is 91.3 Å². The van der Waals surface area contributed by atoms with E-state index in [9.17, 15) is 9.59 Å². The molecule has 0 aromatic carbocycles. The van der Waals surface area contributed by atoms with Crippen LogP contribution in [-0.2, 0) is 11.3 Å². The van der Waals surface area contributed by atoms with E-state index in [1.807, 2.05) is 32.9 Å². The van der Waals surface area contributed by atoms with Crippen LogP contribution in [0.15, 0.2) is 18.3 Å². The second kappa shape index (κ2) is 7.47. The highest BCUT2D eigenvalue weighted by Crippen LogP contribution is 2.05. The van der Waals surface area contributed by atoms with E-state index in [1.165, 1.54) is 0 Å². The average Bonchev–Trinajstić information content (AvgIpc) is 2.36. The van der Waals surface area contributed by atoms with Gasteiger partial charge in [-0.15, -0.1) is 0 Å². The molecule has 0 bridgehead atoms. The van der Waals surface area contributed by atoms with E-state index < -0.39 is 18.0 Å². The Morgan fingerprint density at radius 3 is 2.55 bits per heavy atom. The summed E-state index contributed by atoms with van der Waals surface area (Å²) in [4.78, 5) is 26.8. The Balaban J connectivity index is 2.45. The number of urea groups is 1. The Hall–Kier alpha value is -2.11. The van der Waals surface area contributed by atoms with Gasteiger partial charge in [-0.05, 0) is 30.9 Å². The number of amides is 2. The number of hydrogen-bond acceptors (Lipinski definition) is 3. The van der Waals surface area contributed by atoms with Gasteiger partial charge < -0.3 is 15.7 Å². The van der Waals surface area contributed by atoms with Crippen molar-refractivity contribution in [2.45, 2.75) is 39.8 Å². The molecule has 110 valence electrons. The number of carboxylic acid groups (broad SMARTS) is 1. The van der Waals surface area contributed by atoms with Crippen molar-refractivity contribution in [3.05, 3.63) is 29.6 Å². The molecule has 1 atom stereocenters. The number of aromatic nitrogens is 1. The fourth-order valence-electron chi connectivity index (χ4n) is 1.69. The van der Waals surface area contributed by atoms with Gasteiger partial charge in [-0.25, -0.2) is 9.59 Å². The second-order valence-corrected chi connectivity index (χ2v) is 5.16. The molecule has 3 N–H and O–H groups in total. The molecule has 1 heterocycles. The lowest BCUT2D eigenvalue weighted by molar-refractivity contribution is -0.139. The number of rotatable bonds is 6. The molecule has 2 amide bonds. The third-order valence-corrected chi connectivity index (χ3v) is 2.74. The number of nitrogens with one attached hydrogen (secondary N) is 2. The van der Waals surface area contributed by atoms with Crippen LogP contribution in [0.25, 0.3) is 0 Å². The van der Waals surface area contributed by atoms with E-state index in [1.54, 1.807) is 6.20 Å². The molecule has 0 saturated heterocycles. The van der Waals surface area contributed by atoms with Crippen molar-refractivity contribution < 1.29 is 14.7 Å². The van der Waals surface area contributed by atoms with Crippen molar-refractivity contribution in [1.82, 2.24) is 15.6 Å². The largest absolute Gasteiger partial charge is 0.480 e. The van der Waals surface area contributed by atoms with E-state index in [2.05, 4.69) is 15.6 Å². The van der Waals surface area contributed by atoms with Crippen molar-refractivity contribution in [3.8, 4) is 0 Å². The fourth-order valence-corrected chi connectivity index (χ4v) is 1.69. The first kappa shape index (κ1) is 15.9. The monoisotopic (exact) mass is 279 g/mol. The van der Waals surface area contributed by atoms with Crippen LogP contribution in [0.3, 0.4) is 0 Å². The Labute approximate surface area is 118 Å². The van der Waals surface area contributed by atoms with Gasteiger partial charge in [-0.2, -0.15) is 0 Å². The van der Waals surface area contributed by atoms with Crippen LogP contribution < -0.4 is 10.6 Å². The van der Waals surface area contributed by atoms with Crippen molar-refractivity contribution in [2.24, 2.45) is 5.92 Å². The molecule has 0 aliphatic carbocycles. The lowest BCUT2D eigenvalue weighted by atomic mass is 10.0. The zero-order chi connectivity index (χ0) is 15.1. The van der Waals surface area contributed by atoms with Gasteiger partial charge in [0, 0.05) is 18.4 Å². The number of carbonyl (C=O) groups excluding carboxylic acids is 1. The van der Waals surface area contributed by atoms with Gasteiger partial charge in [0.2, 0.25) is 0 Å². The Morgan fingerprint density at radius 2 is 2.05 bits per heavy atom. The summed E-state index contributed by atoms with van der Waals surface area (Å²) in [7, 11) is 0. The van der Waals surface area contributed by atoms with Gasteiger partial charge in [0.25, 0.3) is 0 Å². The summed E-state index contributed by atoms with van der Waals surface area (Å²) in [6.45, 7) is 6.02. The summed E-state index contributed by atoms with van der Waals surface area (Å²) in [5.74, 6) is -0.830. The number of carboxylic acids is 1. The Kier molecular flexibility index (Phi) is 5.96. The number of hydrogen-bond donors (Lipinski definition) is 3. The number of carbonyl (C=O) groups is 2. The molecule has 0 aliphatic heterocycles. The minimum atomic E-state index is -1.02. The summed E-state index contributed by atoms with van der Waals surface area (Å²) in [6.07, 6.45) is 2.08. The van der Waals surface area contributed by atoms with Crippen LogP contribution in [0.1, 0.15) is 31.5 Å². The van der Waals surface area contributed by atoms with Crippen molar-refractivity contribution in [3.63, 3.8) is 0 Å². The van der Waals surface area contributed by atoms with Crippen LogP contribution >= 0.6 is 0 Å². The average molecular weight is 279 g/mol. The zero-order valence-electron chi connectivity index (χ0n) is 12.0. The normalized spacial score (nSPS) is 12.0. The number of nitrogens with zero attached hydrogens (tertiary/aromatic N) is 1. The smallest absolute Gasteiger partial charge is 0.326 e. The highest BCUT2D eigenvalue weighted by Gasteiger charge is 2.20. The quantitative estimate of drug-likeness (QED) is 0.739. The summed E-state index contributed by atoms with van der Waals surface area (Å²) in [5.41, 5.74) is 1.77. The van der Waals surface area contributed by atoms with Crippen molar-refractivity contribution >= 4 is 12.0 Å². The van der Waals surface area contributed by atoms with Gasteiger partial charge in [0.1, 0.15) is 6.04 Å². The standard InChI is InChI=1S/C14H21N3O3/c1-9(2)6-12(13(18)19)17-14(20)16-8-11-5-4-10(3)15-7-11/h4-5,7,9,12H,6,8H2,1-3H3,(H,18,19)(H2,16,17,20)/t12-/m1/s1. The fraction of sp³-hybridized carbons (Fsp3) is 0.500. The second-order valence-electron chi connectivity index (χ2n) is 5.16. The number of aliphatic carboxylic acids is 1. The molecule has 1 rings (SSSR count). The minimum absolute atomic E-state index is 0.192. The van der Waals surface area contributed by atoms with Gasteiger partial charge in [0.05, 0.1) is 0 Å². The molecule has 0 spiro atoms. The van der Waals surface area contributed by atoms with Crippen LogP contribution in [-0.4, -0.2) is 28.1 Å². The van der Waals surface area contributed by atoms with E-state index in [0.29, 0.717) is 13.0 Å². The third-order valence-electron chi connectivity index (χ3n) is 2.74. The molecule has 6 nitrogen and oxygen atoms in total. The molecular weight excluding hydrogens is 258 g/mol. The van der Waals surface area contributed by atoms with Crippen LogP contribution in [0.4, 0.5) is 4.79 Å². The molecule has 1 aromatic heterocycles. The van der Waals surface area contributed by atoms with Crippen LogP contribution in [0, 0.1) is 12.8 Å². The summed E-state index contributed by atoms with van der Waals surface area (Å²) >= 11 is 0. The maximum absolute atomic E-state index is 11.7. The molecule has 0 unspecified atom stereocenters. The molecule has 0 fully saturated rings. The molecule has 0 aliphatic rings. The maximum Gasteiger partial charge on any atom is 0.326 e. The van der Waals surface area contributed by atoms with E-state index in [4.69, 9.17) is 5.11 Å². The molecule has 0 radical (unpaired) electrons. The molecule has 20 heavy (non-hydrogen) atoms. The minimum Gasteiger partial charge on any atom is -0.480 e. The molecule has 1 aromatic rings. The van der Waals surface area contributed by atoms with E-state index >= 15 is 0 Å². The third kappa shape index (κ3) is 5.69. The van der Waals surface area contributed by atoms with Gasteiger partial charge in [0.15, 0.2) is 0 Å². The number of pyridine rings is 1. The SMILES string of the molecule is Cc1ccc(CNC(=O)N[C@H](CC(C)C)C(=O)O)cn1. The molecule has 0 saturated carbocycles. The van der Waals surface area contributed by atoms with E-state index in [-0.39, 0.29) is 5.92 Å². The maximum atomic E-state index is 11.7. The van der Waals surface area contributed by atoms with Crippen molar-refractivity contribution in [1.29, 1.82) is 0 Å². The van der Waals surface area contributed by atoms with Gasteiger partial charge in [-0.3, -0.25) is 4.98 Å². The van der Waals surface area contributed by atoms with Gasteiger partial charge in [-0.1, -0.05) is 19.9 Å². The predicted molar refractivity (Wildman–Crippen MR) is 75.2 cm³/mol. The number of aryl methyl sites for hydroxylation is 1. The molecular formula is C14H21N3O3. The molecule has 6 heteroatoms. The Bertz CT molecular complexity index is 457.